The Morgan fingerprint density at radius 2 is 2.20 bits per heavy atom. The molecule has 76 valence electrons. The van der Waals surface area contributed by atoms with Gasteiger partial charge in [0.2, 0.25) is 0 Å². The van der Waals surface area contributed by atoms with E-state index in [4.69, 9.17) is 5.11 Å². The zero-order valence-electron chi connectivity index (χ0n) is 8.19. The fourth-order valence-corrected chi connectivity index (χ4v) is 1.41. The maximum absolute atomic E-state index is 10.7. The number of carboxylic acid groups (broad SMARTS) is 1. The van der Waals surface area contributed by atoms with Crippen LogP contribution in [0.25, 0.3) is 11.1 Å². The molecule has 0 aliphatic rings. The van der Waals surface area contributed by atoms with Gasteiger partial charge >= 0.3 is 5.97 Å². The van der Waals surface area contributed by atoms with Gasteiger partial charge in [-0.2, -0.15) is 0 Å². The molecule has 0 fully saturated rings. The number of carbonyl (C=O) groups is 1. The van der Waals surface area contributed by atoms with Crippen molar-refractivity contribution in [3.63, 3.8) is 0 Å². The molecule has 0 amide bonds. The number of aromatic carboxylic acids is 1. The summed E-state index contributed by atoms with van der Waals surface area (Å²) in [5.74, 6) is -0.952. The lowest BCUT2D eigenvalue weighted by atomic mass is 10.1. The highest BCUT2D eigenvalue weighted by atomic mass is 16.4. The van der Waals surface area contributed by atoms with E-state index < -0.39 is 5.97 Å². The van der Waals surface area contributed by atoms with Crippen molar-refractivity contribution in [2.75, 3.05) is 0 Å². The van der Waals surface area contributed by atoms with Crippen LogP contribution < -0.4 is 0 Å². The number of aromatic amines is 1. The van der Waals surface area contributed by atoms with E-state index in [0.29, 0.717) is 0 Å². The van der Waals surface area contributed by atoms with Crippen molar-refractivity contribution in [2.45, 2.75) is 6.92 Å². The summed E-state index contributed by atoms with van der Waals surface area (Å²) in [5, 5.41) is 8.76. The molecule has 2 N–H and O–H groups in total. The van der Waals surface area contributed by atoms with Gasteiger partial charge in [-0.15, -0.1) is 0 Å². The molecule has 15 heavy (non-hydrogen) atoms. The molecule has 2 rings (SSSR count). The van der Waals surface area contributed by atoms with E-state index in [1.54, 1.807) is 18.5 Å². The number of hydrogen-bond acceptors (Lipinski definition) is 2. The van der Waals surface area contributed by atoms with Crippen LogP contribution in [0.2, 0.25) is 0 Å². The second kappa shape index (κ2) is 3.57. The van der Waals surface area contributed by atoms with Gasteiger partial charge in [-0.3, -0.25) is 4.98 Å². The monoisotopic (exact) mass is 202 g/mol. The third-order valence-electron chi connectivity index (χ3n) is 2.14. The highest BCUT2D eigenvalue weighted by Crippen LogP contribution is 2.20. The van der Waals surface area contributed by atoms with Crippen molar-refractivity contribution in [1.29, 1.82) is 0 Å². The average Bonchev–Trinajstić information content (AvgIpc) is 2.66. The zero-order chi connectivity index (χ0) is 10.8. The zero-order valence-corrected chi connectivity index (χ0v) is 8.19. The van der Waals surface area contributed by atoms with Gasteiger partial charge in [0, 0.05) is 23.7 Å². The van der Waals surface area contributed by atoms with Crippen LogP contribution in [0.15, 0.2) is 30.6 Å². The minimum absolute atomic E-state index is 0.194. The summed E-state index contributed by atoms with van der Waals surface area (Å²) in [6.45, 7) is 1.90. The molecule has 0 spiro atoms. The molecule has 0 unspecified atom stereocenters. The van der Waals surface area contributed by atoms with E-state index >= 15 is 0 Å². The second-order valence-corrected chi connectivity index (χ2v) is 3.29. The van der Waals surface area contributed by atoms with Gasteiger partial charge in [-0.05, 0) is 30.7 Å². The largest absolute Gasteiger partial charge is 0.477 e. The maximum Gasteiger partial charge on any atom is 0.352 e. The number of nitrogens with zero attached hydrogens (tertiary/aromatic N) is 1. The van der Waals surface area contributed by atoms with Gasteiger partial charge in [0.15, 0.2) is 0 Å². The van der Waals surface area contributed by atoms with Crippen LogP contribution in [0, 0.1) is 6.92 Å². The van der Waals surface area contributed by atoms with Crippen LogP contribution in [-0.2, 0) is 0 Å². The molecule has 0 saturated carbocycles. The molecule has 4 nitrogen and oxygen atoms in total. The smallest absolute Gasteiger partial charge is 0.352 e. The molecule has 2 aromatic heterocycles. The lowest BCUT2D eigenvalue weighted by Crippen LogP contribution is -1.94. The number of hydrogen-bond donors (Lipinski definition) is 2. The first kappa shape index (κ1) is 9.45. The van der Waals surface area contributed by atoms with Crippen LogP contribution in [0.4, 0.5) is 0 Å². The summed E-state index contributed by atoms with van der Waals surface area (Å²) >= 11 is 0. The first-order valence-corrected chi connectivity index (χ1v) is 4.51. The number of aryl methyl sites for hydroxylation is 1. The average molecular weight is 202 g/mol. The number of pyridine rings is 1. The van der Waals surface area contributed by atoms with E-state index in [1.165, 1.54) is 0 Å². The maximum atomic E-state index is 10.7. The Morgan fingerprint density at radius 1 is 1.40 bits per heavy atom. The summed E-state index contributed by atoms with van der Waals surface area (Å²) in [7, 11) is 0. The predicted molar refractivity (Wildman–Crippen MR) is 55.7 cm³/mol. The van der Waals surface area contributed by atoms with Crippen LogP contribution >= 0.6 is 0 Å². The van der Waals surface area contributed by atoms with Gasteiger partial charge < -0.3 is 10.1 Å². The van der Waals surface area contributed by atoms with Crippen molar-refractivity contribution >= 4 is 5.97 Å². The Hall–Kier alpha value is -2.10. The van der Waals surface area contributed by atoms with Crippen molar-refractivity contribution in [3.8, 4) is 11.1 Å². The van der Waals surface area contributed by atoms with Crippen molar-refractivity contribution in [1.82, 2.24) is 9.97 Å². The number of aromatic nitrogens is 2. The normalized spacial score (nSPS) is 10.2. The Morgan fingerprint density at radius 3 is 2.80 bits per heavy atom. The Kier molecular flexibility index (Phi) is 2.25. The molecule has 0 radical (unpaired) electrons. The van der Waals surface area contributed by atoms with E-state index in [2.05, 4.69) is 9.97 Å². The van der Waals surface area contributed by atoms with Crippen molar-refractivity contribution in [3.05, 3.63) is 42.0 Å². The topological polar surface area (TPSA) is 66.0 Å². The highest BCUT2D eigenvalue weighted by Gasteiger charge is 2.07. The molecule has 0 aromatic carbocycles. The van der Waals surface area contributed by atoms with Crippen LogP contribution in [0.5, 0.6) is 0 Å². The van der Waals surface area contributed by atoms with Crippen LogP contribution in [0.3, 0.4) is 0 Å². The SMILES string of the molecule is Cc1cc(-c2c[nH]c(C(=O)O)c2)ccn1. The second-order valence-electron chi connectivity index (χ2n) is 3.29. The fraction of sp³-hybridized carbons (Fsp3) is 0.0909. The lowest BCUT2D eigenvalue weighted by molar-refractivity contribution is 0.0691. The molecule has 0 saturated heterocycles. The predicted octanol–water partition coefficient (Wildman–Crippen LogP) is 2.08. The molecule has 2 heterocycles. The van der Waals surface area contributed by atoms with Crippen LogP contribution in [0.1, 0.15) is 16.2 Å². The molecule has 4 heteroatoms. The van der Waals surface area contributed by atoms with Gasteiger partial charge in [-0.1, -0.05) is 0 Å². The number of rotatable bonds is 2. The minimum Gasteiger partial charge on any atom is -0.477 e. The Bertz CT molecular complexity index is 503. The summed E-state index contributed by atoms with van der Waals surface area (Å²) < 4.78 is 0. The molecular weight excluding hydrogens is 192 g/mol. The quantitative estimate of drug-likeness (QED) is 0.783. The number of H-pyrrole nitrogens is 1. The molecular formula is C11H10N2O2. The van der Waals surface area contributed by atoms with E-state index in [0.717, 1.165) is 16.8 Å². The number of nitrogens with one attached hydrogen (secondary N) is 1. The first-order chi connectivity index (χ1) is 7.16. The molecule has 0 aliphatic carbocycles. The van der Waals surface area contributed by atoms with Crippen LogP contribution in [-0.4, -0.2) is 21.0 Å². The standard InChI is InChI=1S/C11H10N2O2/c1-7-4-8(2-3-12-7)9-5-10(11(14)15)13-6-9/h2-6,13H,1H3,(H,14,15). The lowest BCUT2D eigenvalue weighted by Gasteiger charge is -1.97. The summed E-state index contributed by atoms with van der Waals surface area (Å²) in [4.78, 5) is 17.5. The Balaban J connectivity index is 2.41. The fourth-order valence-electron chi connectivity index (χ4n) is 1.41. The molecule has 0 bridgehead atoms. The summed E-state index contributed by atoms with van der Waals surface area (Å²) in [5.41, 5.74) is 2.93. The summed E-state index contributed by atoms with van der Waals surface area (Å²) in [6.07, 6.45) is 3.39. The molecule has 0 aliphatic heterocycles. The highest BCUT2D eigenvalue weighted by molar-refractivity contribution is 5.87. The minimum atomic E-state index is -0.952. The molecule has 2 aromatic rings. The summed E-state index contributed by atoms with van der Waals surface area (Å²) in [6, 6.07) is 5.37. The first-order valence-electron chi connectivity index (χ1n) is 4.51. The van der Waals surface area contributed by atoms with E-state index in [1.807, 2.05) is 19.1 Å². The third kappa shape index (κ3) is 1.88. The van der Waals surface area contributed by atoms with Gasteiger partial charge in [0.1, 0.15) is 5.69 Å². The van der Waals surface area contributed by atoms with Gasteiger partial charge in [0.05, 0.1) is 0 Å². The van der Waals surface area contributed by atoms with E-state index in [-0.39, 0.29) is 5.69 Å². The van der Waals surface area contributed by atoms with Crippen molar-refractivity contribution in [2.24, 2.45) is 0 Å². The number of carboxylic acids is 1. The van der Waals surface area contributed by atoms with Gasteiger partial charge in [-0.25, -0.2) is 4.79 Å². The van der Waals surface area contributed by atoms with Gasteiger partial charge in [0.25, 0.3) is 0 Å². The van der Waals surface area contributed by atoms with Crippen molar-refractivity contribution < 1.29 is 9.90 Å². The van der Waals surface area contributed by atoms with E-state index in [9.17, 15) is 4.79 Å². The Labute approximate surface area is 86.6 Å². The molecule has 0 atom stereocenters. The third-order valence-corrected chi connectivity index (χ3v) is 2.14.